The minimum absolute atomic E-state index is 0.334. The number of benzene rings is 1. The first-order chi connectivity index (χ1) is 8.87. The molecule has 1 aromatic carbocycles. The average Bonchev–Trinajstić information content (AvgIpc) is 2.27. The smallest absolute Gasteiger partial charge is 0.232 e. The van der Waals surface area contributed by atoms with Crippen molar-refractivity contribution in [1.29, 1.82) is 0 Å². The maximum atomic E-state index is 11.7. The number of aryl methyl sites for hydroxylation is 1. The van der Waals surface area contributed by atoms with Gasteiger partial charge in [-0.25, -0.2) is 18.4 Å². The molecule has 0 fully saturated rings. The van der Waals surface area contributed by atoms with Gasteiger partial charge in [0.2, 0.25) is 5.91 Å². The number of primary amides is 1. The van der Waals surface area contributed by atoms with Crippen molar-refractivity contribution in [2.75, 3.05) is 5.75 Å². The molecule has 0 aliphatic rings. The fraction of sp³-hybridized carbons (Fsp3) is 0.250. The van der Waals surface area contributed by atoms with Crippen molar-refractivity contribution in [1.82, 2.24) is 9.97 Å². The quantitative estimate of drug-likeness (QED) is 0.869. The van der Waals surface area contributed by atoms with Gasteiger partial charge in [-0.05, 0) is 19.1 Å². The van der Waals surface area contributed by atoms with Crippen LogP contribution in [-0.2, 0) is 20.4 Å². The lowest BCUT2D eigenvalue weighted by atomic mass is 10.2. The molecule has 1 aromatic heterocycles. The fourth-order valence-corrected chi connectivity index (χ4v) is 2.96. The van der Waals surface area contributed by atoms with Crippen molar-refractivity contribution < 1.29 is 13.2 Å². The van der Waals surface area contributed by atoms with E-state index in [9.17, 15) is 13.2 Å². The molecule has 0 unspecified atom stereocenters. The highest BCUT2D eigenvalue weighted by atomic mass is 32.2. The number of hydrogen-bond acceptors (Lipinski definition) is 5. The third-order valence-corrected chi connectivity index (χ3v) is 4.00. The van der Waals surface area contributed by atoms with Gasteiger partial charge in [0.05, 0.1) is 28.2 Å². The molecular weight excluding hydrogens is 266 g/mol. The van der Waals surface area contributed by atoms with Crippen LogP contribution in [0.2, 0.25) is 0 Å². The second-order valence-corrected chi connectivity index (χ2v) is 6.31. The Morgan fingerprint density at radius 3 is 2.37 bits per heavy atom. The summed E-state index contributed by atoms with van der Waals surface area (Å²) in [6.07, 6.45) is 0. The van der Waals surface area contributed by atoms with Crippen molar-refractivity contribution in [3.63, 3.8) is 0 Å². The Bertz CT molecular complexity index is 741. The number of rotatable bonds is 4. The van der Waals surface area contributed by atoms with Gasteiger partial charge in [-0.1, -0.05) is 12.1 Å². The van der Waals surface area contributed by atoms with Gasteiger partial charge in [-0.2, -0.15) is 0 Å². The minimum Gasteiger partial charge on any atom is -0.369 e. The molecular formula is C12H13N3O3S. The van der Waals surface area contributed by atoms with Gasteiger partial charge in [0.15, 0.2) is 9.84 Å². The lowest BCUT2D eigenvalue weighted by Crippen LogP contribution is -2.24. The van der Waals surface area contributed by atoms with Crippen LogP contribution in [0.1, 0.15) is 11.4 Å². The Morgan fingerprint density at radius 1 is 1.21 bits per heavy atom. The molecule has 0 spiro atoms. The molecule has 0 aliphatic carbocycles. The van der Waals surface area contributed by atoms with Gasteiger partial charge in [0.25, 0.3) is 0 Å². The molecule has 0 radical (unpaired) electrons. The standard InChI is InChI=1S/C12H13N3O3S/c1-8-11(6-19(17,18)7-12(13)16)15-10-5-3-2-4-9(10)14-8/h2-5H,6-7H2,1H3,(H2,13,16). The predicted molar refractivity (Wildman–Crippen MR) is 71.0 cm³/mol. The number of nitrogens with two attached hydrogens (primary N) is 1. The summed E-state index contributed by atoms with van der Waals surface area (Å²) in [6, 6.07) is 7.19. The van der Waals surface area contributed by atoms with Crippen molar-refractivity contribution >= 4 is 26.8 Å². The molecule has 2 aromatic rings. The monoisotopic (exact) mass is 279 g/mol. The van der Waals surface area contributed by atoms with Crippen LogP contribution in [0.25, 0.3) is 11.0 Å². The molecule has 100 valence electrons. The third-order valence-electron chi connectivity index (χ3n) is 2.56. The third kappa shape index (κ3) is 3.25. The van der Waals surface area contributed by atoms with E-state index in [1.165, 1.54) is 0 Å². The van der Waals surface area contributed by atoms with Crippen LogP contribution in [0, 0.1) is 6.92 Å². The molecule has 2 N–H and O–H groups in total. The lowest BCUT2D eigenvalue weighted by molar-refractivity contribution is -0.115. The molecule has 19 heavy (non-hydrogen) atoms. The van der Waals surface area contributed by atoms with Gasteiger partial charge < -0.3 is 5.73 Å². The van der Waals surface area contributed by atoms with Crippen LogP contribution in [-0.4, -0.2) is 30.0 Å². The zero-order valence-corrected chi connectivity index (χ0v) is 11.1. The first kappa shape index (κ1) is 13.4. The first-order valence-corrected chi connectivity index (χ1v) is 7.40. The number of nitrogens with zero attached hydrogens (tertiary/aromatic N) is 2. The summed E-state index contributed by atoms with van der Waals surface area (Å²) in [5.41, 5.74) is 7.12. The van der Waals surface area contributed by atoms with E-state index >= 15 is 0 Å². The van der Waals surface area contributed by atoms with Crippen molar-refractivity contribution in [3.05, 3.63) is 35.7 Å². The van der Waals surface area contributed by atoms with Crippen LogP contribution >= 0.6 is 0 Å². The van der Waals surface area contributed by atoms with Gasteiger partial charge in [0, 0.05) is 0 Å². The molecule has 1 heterocycles. The van der Waals surface area contributed by atoms with Crippen molar-refractivity contribution in [2.45, 2.75) is 12.7 Å². The van der Waals surface area contributed by atoms with Crippen LogP contribution in [0.4, 0.5) is 0 Å². The zero-order valence-electron chi connectivity index (χ0n) is 10.3. The van der Waals surface area contributed by atoms with E-state index in [-0.39, 0.29) is 5.75 Å². The van der Waals surface area contributed by atoms with E-state index < -0.39 is 21.5 Å². The topological polar surface area (TPSA) is 103 Å². The molecule has 0 bridgehead atoms. The van der Waals surface area contributed by atoms with Gasteiger partial charge in [-0.15, -0.1) is 0 Å². The van der Waals surface area contributed by atoms with Crippen LogP contribution < -0.4 is 5.73 Å². The molecule has 0 aliphatic heterocycles. The highest BCUT2D eigenvalue weighted by Crippen LogP contribution is 2.14. The molecule has 2 rings (SSSR count). The Balaban J connectivity index is 2.40. The van der Waals surface area contributed by atoms with Crippen LogP contribution in [0.15, 0.2) is 24.3 Å². The maximum absolute atomic E-state index is 11.7. The molecule has 1 amide bonds. The number of para-hydroxylation sites is 2. The number of sulfone groups is 1. The van der Waals surface area contributed by atoms with Crippen molar-refractivity contribution in [2.24, 2.45) is 5.73 Å². The minimum atomic E-state index is -3.60. The van der Waals surface area contributed by atoms with E-state index in [0.29, 0.717) is 22.4 Å². The highest BCUT2D eigenvalue weighted by molar-refractivity contribution is 7.91. The zero-order chi connectivity index (χ0) is 14.0. The largest absolute Gasteiger partial charge is 0.369 e. The molecule has 0 saturated heterocycles. The Hall–Kier alpha value is -2.02. The Labute approximate surface area is 110 Å². The van der Waals surface area contributed by atoms with Gasteiger partial charge in [0.1, 0.15) is 5.75 Å². The molecule has 6 nitrogen and oxygen atoms in total. The van der Waals surface area contributed by atoms with E-state index in [4.69, 9.17) is 5.73 Å². The molecule has 0 saturated carbocycles. The summed E-state index contributed by atoms with van der Waals surface area (Å²) < 4.78 is 23.5. The van der Waals surface area contributed by atoms with E-state index in [0.717, 1.165) is 0 Å². The normalized spacial score (nSPS) is 11.6. The predicted octanol–water partition coefficient (Wildman–Crippen LogP) is 0.338. The van der Waals surface area contributed by atoms with Crippen LogP contribution in [0.5, 0.6) is 0 Å². The molecule has 0 atom stereocenters. The van der Waals surface area contributed by atoms with E-state index in [2.05, 4.69) is 9.97 Å². The summed E-state index contributed by atoms with van der Waals surface area (Å²) in [5.74, 6) is -1.88. The summed E-state index contributed by atoms with van der Waals surface area (Å²) in [5, 5.41) is 0. The van der Waals surface area contributed by atoms with Crippen LogP contribution in [0.3, 0.4) is 0 Å². The van der Waals surface area contributed by atoms with Crippen molar-refractivity contribution in [3.8, 4) is 0 Å². The summed E-state index contributed by atoms with van der Waals surface area (Å²) in [6.45, 7) is 1.69. The second-order valence-electron chi connectivity index (χ2n) is 4.24. The van der Waals surface area contributed by atoms with E-state index in [1.54, 1.807) is 25.1 Å². The summed E-state index contributed by atoms with van der Waals surface area (Å²) in [4.78, 5) is 19.3. The fourth-order valence-electron chi connectivity index (χ4n) is 1.74. The second kappa shape index (κ2) is 4.93. The SMILES string of the molecule is Cc1nc2ccccc2nc1CS(=O)(=O)CC(N)=O. The lowest BCUT2D eigenvalue weighted by Gasteiger charge is -2.06. The number of aromatic nitrogens is 2. The Kier molecular flexibility index (Phi) is 3.48. The van der Waals surface area contributed by atoms with Gasteiger partial charge >= 0.3 is 0 Å². The number of amides is 1. The first-order valence-electron chi connectivity index (χ1n) is 5.58. The van der Waals surface area contributed by atoms with E-state index in [1.807, 2.05) is 6.07 Å². The number of carbonyl (C=O) groups excluding carboxylic acids is 1. The highest BCUT2D eigenvalue weighted by Gasteiger charge is 2.18. The number of carbonyl (C=O) groups is 1. The average molecular weight is 279 g/mol. The number of fused-ring (bicyclic) bond motifs is 1. The Morgan fingerprint density at radius 2 is 1.79 bits per heavy atom. The number of hydrogen-bond donors (Lipinski definition) is 1. The summed E-state index contributed by atoms with van der Waals surface area (Å²) in [7, 11) is -3.60. The molecule has 7 heteroatoms. The maximum Gasteiger partial charge on any atom is 0.232 e. The van der Waals surface area contributed by atoms with Gasteiger partial charge in [-0.3, -0.25) is 4.79 Å². The summed E-state index contributed by atoms with van der Waals surface area (Å²) >= 11 is 0.